The number of carbonyl (C=O) groups is 1. The van der Waals surface area contributed by atoms with E-state index >= 15 is 0 Å². The third kappa shape index (κ3) is 4.25. The van der Waals surface area contributed by atoms with Gasteiger partial charge in [-0.15, -0.1) is 5.10 Å². The number of aromatic nitrogens is 3. The van der Waals surface area contributed by atoms with Gasteiger partial charge in [0.05, 0.1) is 11.4 Å². The Kier molecular flexibility index (Phi) is 5.81. The predicted molar refractivity (Wildman–Crippen MR) is 97.9 cm³/mol. The highest BCUT2D eigenvalue weighted by molar-refractivity contribution is 5.93. The van der Waals surface area contributed by atoms with E-state index in [0.29, 0.717) is 11.6 Å². The van der Waals surface area contributed by atoms with E-state index in [2.05, 4.69) is 27.5 Å². The number of piperidine rings is 1. The molecule has 25 heavy (non-hydrogen) atoms. The summed E-state index contributed by atoms with van der Waals surface area (Å²) in [5.41, 5.74) is 2.09. The highest BCUT2D eigenvalue weighted by Crippen LogP contribution is 2.17. The van der Waals surface area contributed by atoms with Crippen LogP contribution in [0.5, 0.6) is 0 Å². The number of benzene rings is 1. The first kappa shape index (κ1) is 17.6. The van der Waals surface area contributed by atoms with Gasteiger partial charge in [-0.05, 0) is 63.9 Å². The Bertz CT molecular complexity index is 689. The van der Waals surface area contributed by atoms with Gasteiger partial charge in [-0.25, -0.2) is 4.68 Å². The van der Waals surface area contributed by atoms with Crippen LogP contribution in [0, 0.1) is 12.8 Å². The number of likely N-dealkylation sites (tertiary alicyclic amines) is 1. The number of nitrogens with one attached hydrogen (secondary N) is 1. The van der Waals surface area contributed by atoms with Crippen molar-refractivity contribution < 1.29 is 4.79 Å². The van der Waals surface area contributed by atoms with Gasteiger partial charge in [0.1, 0.15) is 0 Å². The molecule has 2 aromatic rings. The molecule has 1 N–H and O–H groups in total. The fourth-order valence-electron chi connectivity index (χ4n) is 3.40. The Morgan fingerprint density at radius 2 is 1.96 bits per heavy atom. The Morgan fingerprint density at radius 1 is 1.24 bits per heavy atom. The minimum atomic E-state index is -0.129. The van der Waals surface area contributed by atoms with E-state index in [4.69, 9.17) is 0 Å². The number of nitrogens with zero attached hydrogens (tertiary/aromatic N) is 4. The fourth-order valence-corrected chi connectivity index (χ4v) is 3.40. The SMILES string of the molecule is CCCN1CCC(CNC(=O)c2nnn(-c3ccccc3)c2C)CC1. The Hall–Kier alpha value is -2.21. The maximum Gasteiger partial charge on any atom is 0.273 e. The lowest BCUT2D eigenvalue weighted by Crippen LogP contribution is -2.39. The first-order valence-electron chi connectivity index (χ1n) is 9.17. The van der Waals surface area contributed by atoms with Gasteiger partial charge in [-0.1, -0.05) is 30.3 Å². The molecule has 134 valence electrons. The van der Waals surface area contributed by atoms with E-state index in [0.717, 1.165) is 43.9 Å². The second-order valence-corrected chi connectivity index (χ2v) is 6.77. The van der Waals surface area contributed by atoms with E-state index in [1.807, 2.05) is 37.3 Å². The minimum Gasteiger partial charge on any atom is -0.350 e. The average Bonchev–Trinajstić information content (AvgIpc) is 3.03. The summed E-state index contributed by atoms with van der Waals surface area (Å²) < 4.78 is 1.71. The van der Waals surface area contributed by atoms with Crippen molar-refractivity contribution in [2.75, 3.05) is 26.2 Å². The quantitative estimate of drug-likeness (QED) is 0.876. The summed E-state index contributed by atoms with van der Waals surface area (Å²) in [6.07, 6.45) is 3.50. The molecule has 3 rings (SSSR count). The van der Waals surface area contributed by atoms with Crippen LogP contribution in [0.2, 0.25) is 0 Å². The van der Waals surface area contributed by atoms with Gasteiger partial charge in [0, 0.05) is 6.54 Å². The van der Waals surface area contributed by atoms with E-state index in [1.165, 1.54) is 13.0 Å². The van der Waals surface area contributed by atoms with E-state index in [-0.39, 0.29) is 5.91 Å². The summed E-state index contributed by atoms with van der Waals surface area (Å²) >= 11 is 0. The second kappa shape index (κ2) is 8.25. The predicted octanol–water partition coefficient (Wildman–Crippen LogP) is 2.43. The zero-order valence-corrected chi connectivity index (χ0v) is 15.1. The number of rotatable bonds is 6. The molecule has 1 saturated heterocycles. The van der Waals surface area contributed by atoms with Crippen LogP contribution >= 0.6 is 0 Å². The topological polar surface area (TPSA) is 63.1 Å². The minimum absolute atomic E-state index is 0.129. The van der Waals surface area contributed by atoms with Crippen molar-refractivity contribution in [3.05, 3.63) is 41.7 Å². The van der Waals surface area contributed by atoms with Gasteiger partial charge in [0.25, 0.3) is 5.91 Å². The normalized spacial score (nSPS) is 16.1. The van der Waals surface area contributed by atoms with E-state index < -0.39 is 0 Å². The molecule has 1 aromatic heterocycles. The molecule has 0 saturated carbocycles. The molecule has 1 fully saturated rings. The lowest BCUT2D eigenvalue weighted by atomic mass is 9.96. The maximum absolute atomic E-state index is 12.5. The monoisotopic (exact) mass is 341 g/mol. The third-order valence-electron chi connectivity index (χ3n) is 4.91. The van der Waals surface area contributed by atoms with E-state index in [1.54, 1.807) is 4.68 Å². The number of para-hydroxylation sites is 1. The molecule has 1 aromatic carbocycles. The molecule has 1 aliphatic rings. The van der Waals surface area contributed by atoms with Crippen LogP contribution in [0.25, 0.3) is 5.69 Å². The smallest absolute Gasteiger partial charge is 0.273 e. The molecule has 6 nitrogen and oxygen atoms in total. The van der Waals surface area contributed by atoms with Crippen LogP contribution in [0.4, 0.5) is 0 Å². The van der Waals surface area contributed by atoms with E-state index in [9.17, 15) is 4.79 Å². The zero-order valence-electron chi connectivity index (χ0n) is 15.1. The highest BCUT2D eigenvalue weighted by atomic mass is 16.2. The van der Waals surface area contributed by atoms with Crippen LogP contribution in [-0.4, -0.2) is 52.0 Å². The number of hydrogen-bond donors (Lipinski definition) is 1. The second-order valence-electron chi connectivity index (χ2n) is 6.77. The standard InChI is InChI=1S/C19H27N5O/c1-3-11-23-12-9-16(10-13-23)14-20-19(25)18-15(2)24(22-21-18)17-7-5-4-6-8-17/h4-8,16H,3,9-14H2,1-2H3,(H,20,25). The largest absolute Gasteiger partial charge is 0.350 e. The summed E-state index contributed by atoms with van der Waals surface area (Å²) in [6, 6.07) is 9.75. The average molecular weight is 341 g/mol. The van der Waals surface area contributed by atoms with Crippen molar-refractivity contribution in [1.29, 1.82) is 0 Å². The molecule has 0 unspecified atom stereocenters. The lowest BCUT2D eigenvalue weighted by Gasteiger charge is -2.31. The third-order valence-corrected chi connectivity index (χ3v) is 4.91. The number of hydrogen-bond acceptors (Lipinski definition) is 4. The summed E-state index contributed by atoms with van der Waals surface area (Å²) in [6.45, 7) is 8.27. The highest BCUT2D eigenvalue weighted by Gasteiger charge is 2.21. The molecule has 0 spiro atoms. The molecule has 0 bridgehead atoms. The molecule has 0 atom stereocenters. The van der Waals surface area contributed by atoms with Gasteiger partial charge in [0.2, 0.25) is 0 Å². The maximum atomic E-state index is 12.5. The molecule has 0 aliphatic carbocycles. The van der Waals surface area contributed by atoms with Crippen molar-refractivity contribution in [3.8, 4) is 5.69 Å². The van der Waals surface area contributed by atoms with Gasteiger partial charge in [-0.3, -0.25) is 4.79 Å². The van der Waals surface area contributed by atoms with Crippen LogP contribution in [0.1, 0.15) is 42.4 Å². The molecule has 6 heteroatoms. The summed E-state index contributed by atoms with van der Waals surface area (Å²) in [4.78, 5) is 15.0. The molecule has 2 heterocycles. The number of amides is 1. The van der Waals surface area contributed by atoms with Crippen LogP contribution < -0.4 is 5.32 Å². The van der Waals surface area contributed by atoms with Crippen molar-refractivity contribution >= 4 is 5.91 Å². The lowest BCUT2D eigenvalue weighted by molar-refractivity contribution is 0.0930. The number of carbonyl (C=O) groups excluding carboxylic acids is 1. The Balaban J connectivity index is 1.55. The molecular weight excluding hydrogens is 314 g/mol. The van der Waals surface area contributed by atoms with Gasteiger partial charge in [-0.2, -0.15) is 0 Å². The van der Waals surface area contributed by atoms with Crippen LogP contribution in [-0.2, 0) is 0 Å². The first-order chi connectivity index (χ1) is 12.2. The first-order valence-corrected chi connectivity index (χ1v) is 9.17. The summed E-state index contributed by atoms with van der Waals surface area (Å²) in [5.74, 6) is 0.428. The molecule has 1 amide bonds. The Morgan fingerprint density at radius 3 is 2.64 bits per heavy atom. The van der Waals surface area contributed by atoms with Gasteiger partial charge in [0.15, 0.2) is 5.69 Å². The van der Waals surface area contributed by atoms with Gasteiger partial charge < -0.3 is 10.2 Å². The molecular formula is C19H27N5O. The fraction of sp³-hybridized carbons (Fsp3) is 0.526. The van der Waals surface area contributed by atoms with Crippen molar-refractivity contribution in [2.24, 2.45) is 5.92 Å². The Labute approximate surface area is 149 Å². The van der Waals surface area contributed by atoms with Crippen molar-refractivity contribution in [3.63, 3.8) is 0 Å². The van der Waals surface area contributed by atoms with Crippen molar-refractivity contribution in [2.45, 2.75) is 33.1 Å². The molecule has 0 radical (unpaired) electrons. The van der Waals surface area contributed by atoms with Crippen LogP contribution in [0.3, 0.4) is 0 Å². The van der Waals surface area contributed by atoms with Crippen LogP contribution in [0.15, 0.2) is 30.3 Å². The van der Waals surface area contributed by atoms with Crippen molar-refractivity contribution in [1.82, 2.24) is 25.2 Å². The molecule has 1 aliphatic heterocycles. The summed E-state index contributed by atoms with van der Waals surface area (Å²) in [5, 5.41) is 11.3. The zero-order chi connectivity index (χ0) is 17.6. The van der Waals surface area contributed by atoms with Gasteiger partial charge >= 0.3 is 0 Å². The summed E-state index contributed by atoms with van der Waals surface area (Å²) in [7, 11) is 0.